The quantitative estimate of drug-likeness (QED) is 0.782. The second kappa shape index (κ2) is 4.73. The van der Waals surface area contributed by atoms with E-state index in [0.29, 0.717) is 17.9 Å². The van der Waals surface area contributed by atoms with E-state index in [1.54, 1.807) is 36.6 Å². The van der Waals surface area contributed by atoms with Gasteiger partial charge in [-0.3, -0.25) is 4.79 Å². The number of rotatable bonds is 3. The van der Waals surface area contributed by atoms with Crippen molar-refractivity contribution in [2.75, 3.05) is 13.6 Å². The summed E-state index contributed by atoms with van der Waals surface area (Å²) in [6.07, 6.45) is 4.54. The summed E-state index contributed by atoms with van der Waals surface area (Å²) in [5.41, 5.74) is 0.568. The maximum absolute atomic E-state index is 11.8. The van der Waals surface area contributed by atoms with Crippen molar-refractivity contribution in [2.24, 2.45) is 0 Å². The number of amides is 1. The van der Waals surface area contributed by atoms with Gasteiger partial charge in [0.2, 0.25) is 0 Å². The first-order valence-corrected chi connectivity index (χ1v) is 5.29. The van der Waals surface area contributed by atoms with Gasteiger partial charge in [0.25, 0.3) is 5.91 Å². The Morgan fingerprint density at radius 3 is 2.82 bits per heavy atom. The van der Waals surface area contributed by atoms with E-state index in [1.807, 2.05) is 6.92 Å². The van der Waals surface area contributed by atoms with Gasteiger partial charge in [-0.2, -0.15) is 5.10 Å². The largest absolute Gasteiger partial charge is 0.342 e. The van der Waals surface area contributed by atoms with Crippen LogP contribution in [0.2, 0.25) is 0 Å². The van der Waals surface area contributed by atoms with Crippen LogP contribution in [0.15, 0.2) is 31.0 Å². The van der Waals surface area contributed by atoms with E-state index in [-0.39, 0.29) is 5.91 Å². The third kappa shape index (κ3) is 2.30. The van der Waals surface area contributed by atoms with Gasteiger partial charge < -0.3 is 4.90 Å². The van der Waals surface area contributed by atoms with Crippen molar-refractivity contribution in [1.29, 1.82) is 0 Å². The number of carbonyl (C=O) groups excluding carboxylic acids is 1. The zero-order valence-electron chi connectivity index (χ0n) is 9.74. The van der Waals surface area contributed by atoms with Gasteiger partial charge in [0.05, 0.1) is 5.56 Å². The lowest BCUT2D eigenvalue weighted by Gasteiger charge is -2.14. The average molecular weight is 231 g/mol. The molecule has 2 aromatic rings. The molecule has 0 aliphatic carbocycles. The Balaban J connectivity index is 2.22. The van der Waals surface area contributed by atoms with Crippen molar-refractivity contribution in [3.63, 3.8) is 0 Å². The van der Waals surface area contributed by atoms with Gasteiger partial charge in [-0.1, -0.05) is 0 Å². The monoisotopic (exact) mass is 231 g/mol. The lowest BCUT2D eigenvalue weighted by atomic mass is 10.2. The minimum absolute atomic E-state index is 0.0369. The standard InChI is InChI=1S/C11H13N5O/c1-3-15(2)11(17)9-4-5-10(13-6-9)16-8-12-7-14-16/h4-8H,3H2,1-2H3. The van der Waals surface area contributed by atoms with E-state index < -0.39 is 0 Å². The van der Waals surface area contributed by atoms with Crippen molar-refractivity contribution >= 4 is 5.91 Å². The van der Waals surface area contributed by atoms with Crippen molar-refractivity contribution < 1.29 is 4.79 Å². The molecule has 0 aromatic carbocycles. The molecule has 0 atom stereocenters. The van der Waals surface area contributed by atoms with Crippen LogP contribution in [0.25, 0.3) is 5.82 Å². The summed E-state index contributed by atoms with van der Waals surface area (Å²) < 4.78 is 1.54. The normalized spacial score (nSPS) is 10.2. The summed E-state index contributed by atoms with van der Waals surface area (Å²) in [5.74, 6) is 0.600. The number of pyridine rings is 1. The molecule has 0 saturated carbocycles. The molecule has 2 heterocycles. The van der Waals surface area contributed by atoms with E-state index in [9.17, 15) is 4.79 Å². The summed E-state index contributed by atoms with van der Waals surface area (Å²) >= 11 is 0. The third-order valence-electron chi connectivity index (χ3n) is 2.47. The maximum atomic E-state index is 11.8. The van der Waals surface area contributed by atoms with Crippen LogP contribution < -0.4 is 0 Å². The molecular weight excluding hydrogens is 218 g/mol. The number of hydrogen-bond donors (Lipinski definition) is 0. The molecule has 6 nitrogen and oxygen atoms in total. The molecule has 2 rings (SSSR count). The Kier molecular flexibility index (Phi) is 3.13. The topological polar surface area (TPSA) is 63.9 Å². The third-order valence-corrected chi connectivity index (χ3v) is 2.47. The predicted molar refractivity (Wildman–Crippen MR) is 61.8 cm³/mol. The molecule has 0 N–H and O–H groups in total. The number of aromatic nitrogens is 4. The Morgan fingerprint density at radius 2 is 2.29 bits per heavy atom. The Bertz CT molecular complexity index is 491. The first kappa shape index (κ1) is 11.3. The molecule has 1 amide bonds. The highest BCUT2D eigenvalue weighted by atomic mass is 16.2. The van der Waals surface area contributed by atoms with Crippen LogP contribution in [0.4, 0.5) is 0 Å². The molecule has 2 aromatic heterocycles. The molecule has 6 heteroatoms. The van der Waals surface area contributed by atoms with Crippen LogP contribution in [0, 0.1) is 0 Å². The Hall–Kier alpha value is -2.24. The highest BCUT2D eigenvalue weighted by Crippen LogP contribution is 2.06. The molecule has 88 valence electrons. The number of nitrogens with zero attached hydrogens (tertiary/aromatic N) is 5. The Morgan fingerprint density at radius 1 is 1.47 bits per heavy atom. The van der Waals surface area contributed by atoms with Crippen LogP contribution in [0.3, 0.4) is 0 Å². The van der Waals surface area contributed by atoms with E-state index in [4.69, 9.17) is 0 Å². The summed E-state index contributed by atoms with van der Waals surface area (Å²) in [6.45, 7) is 2.60. The SMILES string of the molecule is CCN(C)C(=O)c1ccc(-n2cncn2)nc1. The first-order chi connectivity index (χ1) is 8.22. The van der Waals surface area contributed by atoms with Gasteiger partial charge in [0.15, 0.2) is 5.82 Å². The fourth-order valence-corrected chi connectivity index (χ4v) is 1.34. The molecule has 0 bridgehead atoms. The lowest BCUT2D eigenvalue weighted by Crippen LogP contribution is -2.26. The number of carbonyl (C=O) groups is 1. The zero-order valence-corrected chi connectivity index (χ0v) is 9.74. The molecule has 0 spiro atoms. The van der Waals surface area contributed by atoms with Crippen LogP contribution in [0.5, 0.6) is 0 Å². The maximum Gasteiger partial charge on any atom is 0.255 e. The fourth-order valence-electron chi connectivity index (χ4n) is 1.34. The first-order valence-electron chi connectivity index (χ1n) is 5.29. The van der Waals surface area contributed by atoms with E-state index in [2.05, 4.69) is 15.1 Å². The molecule has 0 radical (unpaired) electrons. The second-order valence-electron chi connectivity index (χ2n) is 3.56. The average Bonchev–Trinajstić information content (AvgIpc) is 2.91. The fraction of sp³-hybridized carbons (Fsp3) is 0.273. The molecule has 0 aliphatic rings. The molecule has 0 unspecified atom stereocenters. The summed E-state index contributed by atoms with van der Waals surface area (Å²) in [4.78, 5) is 21.5. The van der Waals surface area contributed by atoms with E-state index in [1.165, 1.54) is 11.0 Å². The lowest BCUT2D eigenvalue weighted by molar-refractivity contribution is 0.0802. The van der Waals surface area contributed by atoms with Crippen LogP contribution in [0.1, 0.15) is 17.3 Å². The second-order valence-corrected chi connectivity index (χ2v) is 3.56. The highest BCUT2D eigenvalue weighted by molar-refractivity contribution is 5.93. The van der Waals surface area contributed by atoms with Crippen molar-refractivity contribution in [2.45, 2.75) is 6.92 Å². The van der Waals surface area contributed by atoms with Gasteiger partial charge in [-0.25, -0.2) is 14.6 Å². The summed E-state index contributed by atoms with van der Waals surface area (Å²) in [7, 11) is 1.76. The molecule has 17 heavy (non-hydrogen) atoms. The van der Waals surface area contributed by atoms with Gasteiger partial charge in [-0.05, 0) is 19.1 Å². The molecule has 0 saturated heterocycles. The van der Waals surface area contributed by atoms with Crippen LogP contribution in [-0.2, 0) is 0 Å². The zero-order chi connectivity index (χ0) is 12.3. The van der Waals surface area contributed by atoms with Crippen molar-refractivity contribution in [1.82, 2.24) is 24.6 Å². The van der Waals surface area contributed by atoms with Gasteiger partial charge in [0.1, 0.15) is 12.7 Å². The summed E-state index contributed by atoms with van der Waals surface area (Å²) in [5, 5.41) is 3.96. The highest BCUT2D eigenvalue weighted by Gasteiger charge is 2.10. The van der Waals surface area contributed by atoms with Crippen LogP contribution >= 0.6 is 0 Å². The van der Waals surface area contributed by atoms with Crippen molar-refractivity contribution in [3.8, 4) is 5.82 Å². The smallest absolute Gasteiger partial charge is 0.255 e. The molecular formula is C11H13N5O. The van der Waals surface area contributed by atoms with Gasteiger partial charge >= 0.3 is 0 Å². The molecule has 0 aliphatic heterocycles. The van der Waals surface area contributed by atoms with Gasteiger partial charge in [0, 0.05) is 19.8 Å². The van der Waals surface area contributed by atoms with E-state index >= 15 is 0 Å². The minimum Gasteiger partial charge on any atom is -0.342 e. The van der Waals surface area contributed by atoms with Gasteiger partial charge in [-0.15, -0.1) is 0 Å². The minimum atomic E-state index is -0.0369. The Labute approximate surface area is 98.9 Å². The molecule has 0 fully saturated rings. The van der Waals surface area contributed by atoms with Crippen molar-refractivity contribution in [3.05, 3.63) is 36.5 Å². The van der Waals surface area contributed by atoms with E-state index in [0.717, 1.165) is 0 Å². The van der Waals surface area contributed by atoms with Crippen LogP contribution in [-0.4, -0.2) is 44.1 Å². The number of hydrogen-bond acceptors (Lipinski definition) is 4. The predicted octanol–water partition coefficient (Wildman–Crippen LogP) is 0.754. The summed E-state index contributed by atoms with van der Waals surface area (Å²) in [6, 6.07) is 3.48.